The van der Waals surface area contributed by atoms with Crippen molar-refractivity contribution in [2.45, 2.75) is 13.3 Å². The van der Waals surface area contributed by atoms with Crippen molar-refractivity contribution in [3.8, 4) is 0 Å². The van der Waals surface area contributed by atoms with Crippen molar-refractivity contribution in [2.24, 2.45) is 0 Å². The Morgan fingerprint density at radius 1 is 1.18 bits per heavy atom. The number of rotatable bonds is 3. The van der Waals surface area contributed by atoms with E-state index < -0.39 is 0 Å². The van der Waals surface area contributed by atoms with Crippen molar-refractivity contribution in [1.82, 2.24) is 14.9 Å². The fourth-order valence-electron chi connectivity index (χ4n) is 2.06. The first-order valence-corrected chi connectivity index (χ1v) is 6.65. The second kappa shape index (κ2) is 6.17. The molecule has 0 spiro atoms. The molecule has 0 unspecified atom stereocenters. The number of aryl methyl sites for hydroxylation is 1. The molecule has 0 amide bonds. The molecule has 1 aromatic heterocycles. The van der Waals surface area contributed by atoms with Crippen LogP contribution in [-0.2, 0) is 0 Å². The number of hydrogen-bond donors (Lipinski definition) is 0. The van der Waals surface area contributed by atoms with Crippen LogP contribution in [0.2, 0.25) is 0 Å². The Labute approximate surface area is 108 Å². The number of halogens is 1. The van der Waals surface area contributed by atoms with E-state index in [9.17, 15) is 0 Å². The number of aromatic nitrogens is 2. The van der Waals surface area contributed by atoms with Gasteiger partial charge in [0.15, 0.2) is 0 Å². The standard InChI is InChI=1S/C12H19ClN4/c1-11-9-14-12(15-10-11)17-5-2-4-16(6-3-13)7-8-17/h9-10H,2-8H2,1H3. The van der Waals surface area contributed by atoms with Gasteiger partial charge in [-0.2, -0.15) is 0 Å². The lowest BCUT2D eigenvalue weighted by molar-refractivity contribution is 0.311. The smallest absolute Gasteiger partial charge is 0.225 e. The zero-order chi connectivity index (χ0) is 12.1. The number of anilines is 1. The lowest BCUT2D eigenvalue weighted by Gasteiger charge is -2.21. The van der Waals surface area contributed by atoms with Gasteiger partial charge in [-0.15, -0.1) is 11.6 Å². The van der Waals surface area contributed by atoms with Gasteiger partial charge in [0.2, 0.25) is 5.95 Å². The topological polar surface area (TPSA) is 32.3 Å². The summed E-state index contributed by atoms with van der Waals surface area (Å²) in [5.74, 6) is 1.56. The Morgan fingerprint density at radius 2 is 1.94 bits per heavy atom. The highest BCUT2D eigenvalue weighted by Crippen LogP contribution is 2.10. The second-order valence-corrected chi connectivity index (χ2v) is 4.81. The zero-order valence-electron chi connectivity index (χ0n) is 10.3. The second-order valence-electron chi connectivity index (χ2n) is 4.43. The van der Waals surface area contributed by atoms with Crippen molar-refractivity contribution in [3.63, 3.8) is 0 Å². The molecule has 1 fully saturated rings. The van der Waals surface area contributed by atoms with Crippen LogP contribution in [-0.4, -0.2) is 53.5 Å². The normalized spacial score (nSPS) is 18.1. The first kappa shape index (κ1) is 12.6. The molecule has 2 heterocycles. The summed E-state index contributed by atoms with van der Waals surface area (Å²) in [5, 5.41) is 0. The van der Waals surface area contributed by atoms with Gasteiger partial charge in [0, 0.05) is 44.5 Å². The van der Waals surface area contributed by atoms with Crippen molar-refractivity contribution in [3.05, 3.63) is 18.0 Å². The predicted octanol–water partition coefficient (Wildman–Crippen LogP) is 1.54. The summed E-state index contributed by atoms with van der Waals surface area (Å²) in [4.78, 5) is 13.4. The Kier molecular flexibility index (Phi) is 4.57. The van der Waals surface area contributed by atoms with Gasteiger partial charge in [0.1, 0.15) is 0 Å². The highest BCUT2D eigenvalue weighted by molar-refractivity contribution is 6.18. The quantitative estimate of drug-likeness (QED) is 0.766. The molecule has 0 radical (unpaired) electrons. The summed E-state index contributed by atoms with van der Waals surface area (Å²) in [6, 6.07) is 0. The molecule has 1 aliphatic heterocycles. The van der Waals surface area contributed by atoms with Crippen LogP contribution in [0.5, 0.6) is 0 Å². The summed E-state index contributed by atoms with van der Waals surface area (Å²) in [6.07, 6.45) is 4.90. The molecule has 1 aliphatic rings. The van der Waals surface area contributed by atoms with Gasteiger partial charge in [0.25, 0.3) is 0 Å². The molecule has 0 aliphatic carbocycles. The van der Waals surface area contributed by atoms with Gasteiger partial charge in [-0.05, 0) is 25.5 Å². The van der Waals surface area contributed by atoms with Gasteiger partial charge in [-0.3, -0.25) is 0 Å². The molecule has 0 aromatic carbocycles. The Morgan fingerprint density at radius 3 is 2.65 bits per heavy atom. The fourth-order valence-corrected chi connectivity index (χ4v) is 2.30. The van der Waals surface area contributed by atoms with Gasteiger partial charge in [0.05, 0.1) is 0 Å². The average molecular weight is 255 g/mol. The molecule has 0 bridgehead atoms. The van der Waals surface area contributed by atoms with Crippen LogP contribution in [0, 0.1) is 6.92 Å². The first-order valence-electron chi connectivity index (χ1n) is 6.11. The number of hydrogen-bond acceptors (Lipinski definition) is 4. The molecule has 2 rings (SSSR count). The third kappa shape index (κ3) is 3.54. The Balaban J connectivity index is 1.96. The summed E-state index contributed by atoms with van der Waals surface area (Å²) in [7, 11) is 0. The summed E-state index contributed by atoms with van der Waals surface area (Å²) < 4.78 is 0. The van der Waals surface area contributed by atoms with Crippen molar-refractivity contribution in [2.75, 3.05) is 43.5 Å². The highest BCUT2D eigenvalue weighted by Gasteiger charge is 2.16. The molecule has 0 N–H and O–H groups in total. The predicted molar refractivity (Wildman–Crippen MR) is 70.8 cm³/mol. The van der Waals surface area contributed by atoms with Crippen molar-refractivity contribution in [1.29, 1.82) is 0 Å². The fraction of sp³-hybridized carbons (Fsp3) is 0.667. The summed E-state index contributed by atoms with van der Waals surface area (Å²) >= 11 is 5.78. The van der Waals surface area contributed by atoms with Crippen LogP contribution in [0.1, 0.15) is 12.0 Å². The molecule has 4 nitrogen and oxygen atoms in total. The van der Waals surface area contributed by atoms with Crippen molar-refractivity contribution >= 4 is 17.5 Å². The molecule has 5 heteroatoms. The molecule has 1 saturated heterocycles. The van der Waals surface area contributed by atoms with Crippen molar-refractivity contribution < 1.29 is 0 Å². The van der Waals surface area contributed by atoms with E-state index in [1.807, 2.05) is 19.3 Å². The van der Waals surface area contributed by atoms with E-state index in [0.717, 1.165) is 50.7 Å². The Hall–Kier alpha value is -0.870. The van der Waals surface area contributed by atoms with Crippen LogP contribution < -0.4 is 4.90 Å². The largest absolute Gasteiger partial charge is 0.339 e. The summed E-state index contributed by atoms with van der Waals surface area (Å²) in [6.45, 7) is 7.17. The van der Waals surface area contributed by atoms with E-state index in [1.54, 1.807) is 0 Å². The molecular formula is C12H19ClN4. The van der Waals surface area contributed by atoms with E-state index in [0.29, 0.717) is 5.88 Å². The molecule has 1 aromatic rings. The summed E-state index contributed by atoms with van der Waals surface area (Å²) in [5.41, 5.74) is 1.10. The van der Waals surface area contributed by atoms with Gasteiger partial charge in [-0.25, -0.2) is 9.97 Å². The average Bonchev–Trinajstić information content (AvgIpc) is 2.56. The molecule has 17 heavy (non-hydrogen) atoms. The lowest BCUT2D eigenvalue weighted by Crippen LogP contribution is -2.32. The highest BCUT2D eigenvalue weighted by atomic mass is 35.5. The van der Waals surface area contributed by atoms with Crippen LogP contribution >= 0.6 is 11.6 Å². The minimum absolute atomic E-state index is 0.709. The molecule has 0 saturated carbocycles. The van der Waals surface area contributed by atoms with Crippen LogP contribution in [0.25, 0.3) is 0 Å². The van der Waals surface area contributed by atoms with Crippen LogP contribution in [0.15, 0.2) is 12.4 Å². The third-order valence-corrected chi connectivity index (χ3v) is 3.21. The SMILES string of the molecule is Cc1cnc(N2CCCN(CCCl)CC2)nc1. The molecular weight excluding hydrogens is 236 g/mol. The minimum atomic E-state index is 0.709. The lowest BCUT2D eigenvalue weighted by atomic mass is 10.4. The van der Waals surface area contributed by atoms with Gasteiger partial charge in [-0.1, -0.05) is 0 Å². The van der Waals surface area contributed by atoms with E-state index in [2.05, 4.69) is 19.8 Å². The van der Waals surface area contributed by atoms with E-state index in [4.69, 9.17) is 11.6 Å². The van der Waals surface area contributed by atoms with Gasteiger partial charge < -0.3 is 9.80 Å². The monoisotopic (exact) mass is 254 g/mol. The minimum Gasteiger partial charge on any atom is -0.339 e. The van der Waals surface area contributed by atoms with Crippen LogP contribution in [0.4, 0.5) is 5.95 Å². The number of nitrogens with zero attached hydrogens (tertiary/aromatic N) is 4. The van der Waals surface area contributed by atoms with E-state index in [1.165, 1.54) is 0 Å². The number of alkyl halides is 1. The zero-order valence-corrected chi connectivity index (χ0v) is 11.0. The van der Waals surface area contributed by atoms with Crippen LogP contribution in [0.3, 0.4) is 0 Å². The molecule has 0 atom stereocenters. The van der Waals surface area contributed by atoms with E-state index in [-0.39, 0.29) is 0 Å². The maximum absolute atomic E-state index is 5.78. The third-order valence-electron chi connectivity index (χ3n) is 3.04. The molecule has 94 valence electrons. The van der Waals surface area contributed by atoms with Gasteiger partial charge >= 0.3 is 0 Å². The van der Waals surface area contributed by atoms with E-state index >= 15 is 0 Å². The maximum atomic E-state index is 5.78. The first-order chi connectivity index (χ1) is 8.29. The Bertz CT molecular complexity index is 341. The maximum Gasteiger partial charge on any atom is 0.225 e.